The lowest BCUT2D eigenvalue weighted by atomic mass is 10.0. The van der Waals surface area contributed by atoms with Crippen LogP contribution in [0.1, 0.15) is 90.9 Å². The lowest BCUT2D eigenvalue weighted by molar-refractivity contribution is 0.311. The number of unbranched alkanes of at least 4 members (excludes halogenated alkanes) is 8. The summed E-state index contributed by atoms with van der Waals surface area (Å²) in [6, 6.07) is 0. The van der Waals surface area contributed by atoms with Crippen molar-refractivity contribution in [3.8, 4) is 0 Å². The Balaban J connectivity index is 1.81. The molecule has 1 aliphatic heterocycles. The Hall–Kier alpha value is -0.0400. The van der Waals surface area contributed by atoms with E-state index in [0.29, 0.717) is 0 Å². The van der Waals surface area contributed by atoms with Gasteiger partial charge in [0, 0.05) is 6.54 Å². The molecule has 0 aromatic rings. The van der Waals surface area contributed by atoms with Crippen LogP contribution in [-0.2, 0) is 0 Å². The van der Waals surface area contributed by atoms with Crippen LogP contribution in [0.2, 0.25) is 0 Å². The number of hydrogen-bond donors (Lipinski definition) is 0. The Morgan fingerprint density at radius 2 is 1.42 bits per heavy atom. The summed E-state index contributed by atoms with van der Waals surface area (Å²) in [4.78, 5) is 2.71. The van der Waals surface area contributed by atoms with Crippen LogP contribution >= 0.6 is 0 Å². The van der Waals surface area contributed by atoms with Gasteiger partial charge in [0.15, 0.2) is 0 Å². The third-order valence-electron chi connectivity index (χ3n) is 4.64. The molecule has 1 heterocycles. The summed E-state index contributed by atoms with van der Waals surface area (Å²) >= 11 is 0. The molecule has 0 aliphatic carbocycles. The van der Waals surface area contributed by atoms with E-state index in [1.165, 1.54) is 96.7 Å². The van der Waals surface area contributed by atoms with Crippen molar-refractivity contribution in [1.29, 1.82) is 0 Å². The van der Waals surface area contributed by atoms with Gasteiger partial charge in [0.25, 0.3) is 0 Å². The van der Waals surface area contributed by atoms with Crippen LogP contribution in [0.4, 0.5) is 0 Å². The van der Waals surface area contributed by atoms with Gasteiger partial charge in [-0.2, -0.15) is 0 Å². The minimum atomic E-state index is 1.02. The first-order valence-electron chi connectivity index (χ1n) is 9.09. The summed E-state index contributed by atoms with van der Waals surface area (Å²) in [5, 5.41) is 0. The molecule has 1 aliphatic rings. The zero-order valence-electron chi connectivity index (χ0n) is 13.6. The largest absolute Gasteiger partial charge is 0.303 e. The summed E-state index contributed by atoms with van der Waals surface area (Å²) in [7, 11) is 0. The monoisotopic (exact) mass is 267 g/mol. The Labute approximate surface area is 122 Å². The van der Waals surface area contributed by atoms with E-state index in [-0.39, 0.29) is 0 Å². The third-order valence-corrected chi connectivity index (χ3v) is 4.64. The van der Waals surface area contributed by atoms with Gasteiger partial charge in [-0.25, -0.2) is 0 Å². The smallest absolute Gasteiger partial charge is 0.00101 e. The van der Waals surface area contributed by atoms with Gasteiger partial charge < -0.3 is 4.90 Å². The van der Waals surface area contributed by atoms with E-state index in [4.69, 9.17) is 0 Å². The first-order chi connectivity index (χ1) is 9.36. The van der Waals surface area contributed by atoms with E-state index in [9.17, 15) is 0 Å². The van der Waals surface area contributed by atoms with E-state index in [1.807, 2.05) is 0 Å². The molecule has 1 fully saturated rings. The molecule has 1 unspecified atom stereocenters. The van der Waals surface area contributed by atoms with Crippen molar-refractivity contribution in [3.63, 3.8) is 0 Å². The number of rotatable bonds is 12. The molecule has 0 N–H and O–H groups in total. The third kappa shape index (κ3) is 8.68. The lowest BCUT2D eigenvalue weighted by Crippen LogP contribution is -2.21. The molecule has 19 heavy (non-hydrogen) atoms. The molecule has 1 rings (SSSR count). The molecule has 0 aromatic carbocycles. The number of hydrogen-bond acceptors (Lipinski definition) is 1. The van der Waals surface area contributed by atoms with Gasteiger partial charge >= 0.3 is 0 Å². The van der Waals surface area contributed by atoms with E-state index in [2.05, 4.69) is 18.7 Å². The maximum Gasteiger partial charge on any atom is 0.00101 e. The zero-order chi connectivity index (χ0) is 13.8. The highest BCUT2D eigenvalue weighted by atomic mass is 15.1. The first kappa shape index (κ1) is 17.0. The Bertz CT molecular complexity index is 190. The Morgan fingerprint density at radius 1 is 0.789 bits per heavy atom. The van der Waals surface area contributed by atoms with Gasteiger partial charge in [-0.05, 0) is 38.3 Å². The second kappa shape index (κ2) is 11.8. The van der Waals surface area contributed by atoms with Gasteiger partial charge in [0.2, 0.25) is 0 Å². The standard InChI is InChI=1S/C18H37N/c1-3-5-6-7-8-9-10-11-12-15-19-16-14-18(17-19)13-4-2/h18H,3-17H2,1-2H3. The van der Waals surface area contributed by atoms with Crippen LogP contribution < -0.4 is 0 Å². The molecule has 0 radical (unpaired) electrons. The van der Waals surface area contributed by atoms with Crippen LogP contribution in [-0.4, -0.2) is 24.5 Å². The number of likely N-dealkylation sites (tertiary alicyclic amines) is 1. The Kier molecular flexibility index (Phi) is 10.5. The Morgan fingerprint density at radius 3 is 2.05 bits per heavy atom. The summed E-state index contributed by atoms with van der Waals surface area (Å²) in [6.07, 6.45) is 17.3. The molecule has 0 saturated carbocycles. The summed E-state index contributed by atoms with van der Waals surface area (Å²) in [5.74, 6) is 1.02. The summed E-state index contributed by atoms with van der Waals surface area (Å²) in [5.41, 5.74) is 0. The van der Waals surface area contributed by atoms with Crippen molar-refractivity contribution in [3.05, 3.63) is 0 Å². The maximum atomic E-state index is 2.71. The van der Waals surface area contributed by atoms with Crippen LogP contribution in [0, 0.1) is 5.92 Å². The average Bonchev–Trinajstić information content (AvgIpc) is 2.85. The quantitative estimate of drug-likeness (QED) is 0.414. The van der Waals surface area contributed by atoms with Gasteiger partial charge in [-0.1, -0.05) is 71.6 Å². The molecular formula is C18H37N. The molecule has 1 nitrogen and oxygen atoms in total. The molecule has 0 amide bonds. The normalized spacial score (nSPS) is 20.2. The molecule has 1 atom stereocenters. The average molecular weight is 268 g/mol. The molecular weight excluding hydrogens is 230 g/mol. The van der Waals surface area contributed by atoms with Crippen molar-refractivity contribution in [2.24, 2.45) is 5.92 Å². The molecule has 0 bridgehead atoms. The highest BCUT2D eigenvalue weighted by Gasteiger charge is 2.20. The van der Waals surface area contributed by atoms with Crippen LogP contribution in [0.5, 0.6) is 0 Å². The molecule has 0 spiro atoms. The van der Waals surface area contributed by atoms with Crippen molar-refractivity contribution in [2.75, 3.05) is 19.6 Å². The zero-order valence-corrected chi connectivity index (χ0v) is 13.6. The van der Waals surface area contributed by atoms with Crippen LogP contribution in [0.3, 0.4) is 0 Å². The highest BCUT2D eigenvalue weighted by Crippen LogP contribution is 2.21. The van der Waals surface area contributed by atoms with Crippen molar-refractivity contribution >= 4 is 0 Å². The summed E-state index contributed by atoms with van der Waals surface area (Å²) < 4.78 is 0. The molecule has 0 aromatic heterocycles. The summed E-state index contributed by atoms with van der Waals surface area (Å²) in [6.45, 7) is 8.76. The fraction of sp³-hybridized carbons (Fsp3) is 1.00. The van der Waals surface area contributed by atoms with Crippen molar-refractivity contribution < 1.29 is 0 Å². The van der Waals surface area contributed by atoms with E-state index in [1.54, 1.807) is 0 Å². The lowest BCUT2D eigenvalue weighted by Gasteiger charge is -2.15. The molecule has 1 saturated heterocycles. The predicted octanol–water partition coefficient (Wildman–Crippen LogP) is 5.64. The van der Waals surface area contributed by atoms with Crippen LogP contribution in [0.25, 0.3) is 0 Å². The van der Waals surface area contributed by atoms with Crippen molar-refractivity contribution in [1.82, 2.24) is 4.90 Å². The second-order valence-electron chi connectivity index (χ2n) is 6.57. The van der Waals surface area contributed by atoms with E-state index in [0.717, 1.165) is 5.92 Å². The topological polar surface area (TPSA) is 3.24 Å². The highest BCUT2D eigenvalue weighted by molar-refractivity contribution is 4.74. The van der Waals surface area contributed by atoms with Gasteiger partial charge in [-0.3, -0.25) is 0 Å². The van der Waals surface area contributed by atoms with Crippen molar-refractivity contribution in [2.45, 2.75) is 90.9 Å². The number of nitrogens with zero attached hydrogens (tertiary/aromatic N) is 1. The fourth-order valence-electron chi connectivity index (χ4n) is 3.41. The van der Waals surface area contributed by atoms with Gasteiger partial charge in [0.05, 0.1) is 0 Å². The minimum absolute atomic E-state index is 1.02. The fourth-order valence-corrected chi connectivity index (χ4v) is 3.41. The van der Waals surface area contributed by atoms with Gasteiger partial charge in [0.1, 0.15) is 0 Å². The predicted molar refractivity (Wildman–Crippen MR) is 86.7 cm³/mol. The van der Waals surface area contributed by atoms with E-state index < -0.39 is 0 Å². The second-order valence-corrected chi connectivity index (χ2v) is 6.57. The van der Waals surface area contributed by atoms with Crippen LogP contribution in [0.15, 0.2) is 0 Å². The molecule has 114 valence electrons. The first-order valence-corrected chi connectivity index (χ1v) is 9.09. The SMILES string of the molecule is CCCCCCCCCCCN1CCC(CCC)C1. The van der Waals surface area contributed by atoms with Gasteiger partial charge in [-0.15, -0.1) is 0 Å². The minimum Gasteiger partial charge on any atom is -0.303 e. The molecule has 1 heteroatoms. The maximum absolute atomic E-state index is 2.71. The van der Waals surface area contributed by atoms with E-state index >= 15 is 0 Å².